The number of nitrogens with one attached hydrogen (secondary N) is 1. The van der Waals surface area contributed by atoms with Crippen molar-refractivity contribution in [2.24, 2.45) is 10.2 Å². The Hall–Kier alpha value is -2.93. The fraction of sp³-hybridized carbons (Fsp3) is 0.200. The molecule has 6 nitrogen and oxygen atoms in total. The van der Waals surface area contributed by atoms with Crippen molar-refractivity contribution in [1.82, 2.24) is 5.16 Å². The van der Waals surface area contributed by atoms with E-state index in [-0.39, 0.29) is 5.91 Å². The highest BCUT2D eigenvalue weighted by Gasteiger charge is 2.10. The summed E-state index contributed by atoms with van der Waals surface area (Å²) in [6, 6.07) is 16.8. The molecule has 0 radical (unpaired) electrons. The van der Waals surface area contributed by atoms with Gasteiger partial charge in [0.15, 0.2) is 0 Å². The number of rotatable bonds is 7. The maximum Gasteiger partial charge on any atom is 0.234 e. The first-order chi connectivity index (χ1) is 13.1. The molecule has 0 bridgehead atoms. The summed E-state index contributed by atoms with van der Waals surface area (Å²) in [5, 5.41) is 15.2. The molecule has 0 aliphatic carbocycles. The van der Waals surface area contributed by atoms with Gasteiger partial charge in [0.2, 0.25) is 5.91 Å². The van der Waals surface area contributed by atoms with Crippen LogP contribution in [0.4, 0.5) is 17.1 Å². The van der Waals surface area contributed by atoms with Gasteiger partial charge in [0.05, 0.1) is 22.8 Å². The van der Waals surface area contributed by atoms with Crippen LogP contribution in [-0.4, -0.2) is 16.8 Å². The smallest absolute Gasteiger partial charge is 0.234 e. The Morgan fingerprint density at radius 3 is 2.33 bits per heavy atom. The van der Waals surface area contributed by atoms with Gasteiger partial charge < -0.3 is 9.84 Å². The minimum Gasteiger partial charge on any atom is -0.361 e. The molecule has 2 aromatic carbocycles. The Morgan fingerprint density at radius 2 is 1.70 bits per heavy atom. The van der Waals surface area contributed by atoms with Gasteiger partial charge in [0.25, 0.3) is 0 Å². The summed E-state index contributed by atoms with van der Waals surface area (Å²) < 4.78 is 5.13. The number of amides is 1. The van der Waals surface area contributed by atoms with E-state index in [0.717, 1.165) is 34.1 Å². The predicted molar refractivity (Wildman–Crippen MR) is 108 cm³/mol. The Balaban J connectivity index is 1.47. The van der Waals surface area contributed by atoms with Gasteiger partial charge in [-0.15, -0.1) is 11.8 Å². The molecule has 0 spiro atoms. The maximum absolute atomic E-state index is 12.1. The van der Waals surface area contributed by atoms with Crippen molar-refractivity contribution in [1.29, 1.82) is 0 Å². The molecule has 0 saturated carbocycles. The van der Waals surface area contributed by atoms with E-state index < -0.39 is 0 Å². The van der Waals surface area contributed by atoms with Crippen LogP contribution >= 0.6 is 11.8 Å². The molecule has 1 aromatic heterocycles. The highest BCUT2D eigenvalue weighted by molar-refractivity contribution is 7.99. The molecule has 1 N–H and O–H groups in total. The number of azo groups is 1. The van der Waals surface area contributed by atoms with Crippen molar-refractivity contribution in [2.75, 3.05) is 11.1 Å². The topological polar surface area (TPSA) is 79.9 Å². The summed E-state index contributed by atoms with van der Waals surface area (Å²) in [4.78, 5) is 12.1. The lowest BCUT2D eigenvalue weighted by molar-refractivity contribution is -0.113. The normalized spacial score (nSPS) is 11.0. The van der Waals surface area contributed by atoms with Gasteiger partial charge in [-0.25, -0.2) is 0 Å². The lowest BCUT2D eigenvalue weighted by Gasteiger charge is -2.05. The number of carbonyl (C=O) groups is 1. The second-order valence-corrected chi connectivity index (χ2v) is 6.91. The number of aromatic nitrogens is 1. The quantitative estimate of drug-likeness (QED) is 0.543. The minimum absolute atomic E-state index is 0.0505. The predicted octanol–water partition coefficient (Wildman–Crippen LogP) is 5.58. The van der Waals surface area contributed by atoms with Crippen LogP contribution in [0, 0.1) is 13.8 Å². The lowest BCUT2D eigenvalue weighted by Crippen LogP contribution is -2.14. The number of hydrogen-bond donors (Lipinski definition) is 1. The summed E-state index contributed by atoms with van der Waals surface area (Å²) in [6.45, 7) is 3.79. The Morgan fingerprint density at radius 1 is 1.04 bits per heavy atom. The Bertz CT molecular complexity index is 901. The van der Waals surface area contributed by atoms with E-state index in [1.165, 1.54) is 11.8 Å². The van der Waals surface area contributed by atoms with Crippen LogP contribution in [0.25, 0.3) is 0 Å². The molecule has 0 saturated heterocycles. The molecule has 3 rings (SSSR count). The highest BCUT2D eigenvalue weighted by atomic mass is 32.2. The lowest BCUT2D eigenvalue weighted by atomic mass is 10.2. The molecule has 27 heavy (non-hydrogen) atoms. The van der Waals surface area contributed by atoms with E-state index >= 15 is 0 Å². The molecule has 0 atom stereocenters. The van der Waals surface area contributed by atoms with E-state index in [2.05, 4.69) is 20.7 Å². The van der Waals surface area contributed by atoms with Crippen molar-refractivity contribution in [2.45, 2.75) is 19.6 Å². The third-order valence-corrected chi connectivity index (χ3v) is 4.81. The molecule has 138 valence electrons. The van der Waals surface area contributed by atoms with Crippen LogP contribution in [0.1, 0.15) is 17.0 Å². The highest BCUT2D eigenvalue weighted by Crippen LogP contribution is 2.21. The number of hydrogen-bond acceptors (Lipinski definition) is 6. The van der Waals surface area contributed by atoms with E-state index in [4.69, 9.17) is 4.52 Å². The molecule has 0 aliphatic heterocycles. The van der Waals surface area contributed by atoms with Crippen molar-refractivity contribution in [3.63, 3.8) is 0 Å². The van der Waals surface area contributed by atoms with E-state index in [1.54, 1.807) is 0 Å². The molecule has 0 unspecified atom stereocenters. The van der Waals surface area contributed by atoms with Crippen molar-refractivity contribution in [3.8, 4) is 0 Å². The number of carbonyl (C=O) groups excluding carboxylic acids is 1. The van der Waals surface area contributed by atoms with Gasteiger partial charge in [-0.3, -0.25) is 4.79 Å². The zero-order valence-electron chi connectivity index (χ0n) is 15.2. The van der Waals surface area contributed by atoms with Gasteiger partial charge in [-0.1, -0.05) is 23.4 Å². The maximum atomic E-state index is 12.1. The van der Waals surface area contributed by atoms with Gasteiger partial charge in [-0.05, 0) is 50.2 Å². The number of anilines is 1. The second kappa shape index (κ2) is 9.14. The van der Waals surface area contributed by atoms with Crippen LogP contribution in [0.3, 0.4) is 0 Å². The largest absolute Gasteiger partial charge is 0.361 e. The summed E-state index contributed by atoms with van der Waals surface area (Å²) in [5.41, 5.74) is 4.19. The zero-order valence-corrected chi connectivity index (χ0v) is 16.0. The standard InChI is InChI=1S/C20H20N4O2S/c1-14-19(15(2)26-24-14)12-27-13-20(25)21-16-8-10-18(11-9-16)23-22-17-6-4-3-5-7-17/h3-11H,12-13H2,1-2H3,(H,21,25). The Kier molecular flexibility index (Phi) is 6.38. The monoisotopic (exact) mass is 380 g/mol. The average molecular weight is 380 g/mol. The number of aryl methyl sites for hydroxylation is 2. The number of nitrogens with zero attached hydrogens (tertiary/aromatic N) is 3. The minimum atomic E-state index is -0.0505. The first kappa shape index (κ1) is 18.8. The third kappa shape index (κ3) is 5.52. The average Bonchev–Trinajstić information content (AvgIpc) is 3.00. The first-order valence-corrected chi connectivity index (χ1v) is 9.63. The molecule has 7 heteroatoms. The summed E-state index contributed by atoms with van der Waals surface area (Å²) in [5.74, 6) is 1.82. The van der Waals surface area contributed by atoms with E-state index in [1.807, 2.05) is 68.4 Å². The number of benzene rings is 2. The summed E-state index contributed by atoms with van der Waals surface area (Å²) in [6.07, 6.45) is 0. The first-order valence-electron chi connectivity index (χ1n) is 8.48. The van der Waals surface area contributed by atoms with E-state index in [0.29, 0.717) is 11.5 Å². The zero-order chi connectivity index (χ0) is 19.1. The fourth-order valence-corrected chi connectivity index (χ4v) is 3.35. The molecular formula is C20H20N4O2S. The Labute approximate surface area is 162 Å². The van der Waals surface area contributed by atoms with Crippen molar-refractivity contribution in [3.05, 3.63) is 71.6 Å². The second-order valence-electron chi connectivity index (χ2n) is 5.93. The van der Waals surface area contributed by atoms with Gasteiger partial charge in [-0.2, -0.15) is 10.2 Å². The number of thioether (sulfide) groups is 1. The van der Waals surface area contributed by atoms with Crippen LogP contribution in [0.5, 0.6) is 0 Å². The summed E-state index contributed by atoms with van der Waals surface area (Å²) in [7, 11) is 0. The molecule has 0 aliphatic rings. The van der Waals surface area contributed by atoms with E-state index in [9.17, 15) is 4.79 Å². The van der Waals surface area contributed by atoms with Gasteiger partial charge in [0, 0.05) is 17.0 Å². The van der Waals surface area contributed by atoms with Crippen LogP contribution in [-0.2, 0) is 10.5 Å². The molecule has 3 aromatic rings. The molecule has 1 heterocycles. The van der Waals surface area contributed by atoms with Crippen molar-refractivity contribution < 1.29 is 9.32 Å². The molecule has 1 amide bonds. The SMILES string of the molecule is Cc1noc(C)c1CSCC(=O)Nc1ccc(N=Nc2ccccc2)cc1. The van der Waals surface area contributed by atoms with Crippen molar-refractivity contribution >= 4 is 34.7 Å². The summed E-state index contributed by atoms with van der Waals surface area (Å²) >= 11 is 1.53. The molecule has 0 fully saturated rings. The van der Waals surface area contributed by atoms with Gasteiger partial charge in [0.1, 0.15) is 5.76 Å². The molecular weight excluding hydrogens is 360 g/mol. The van der Waals surface area contributed by atoms with Gasteiger partial charge >= 0.3 is 0 Å². The third-order valence-electron chi connectivity index (χ3n) is 3.85. The fourth-order valence-electron chi connectivity index (χ4n) is 2.37. The van der Waals surface area contributed by atoms with Crippen LogP contribution in [0.15, 0.2) is 69.3 Å². The van der Waals surface area contributed by atoms with Crippen LogP contribution in [0.2, 0.25) is 0 Å². The van der Waals surface area contributed by atoms with Crippen LogP contribution < -0.4 is 5.32 Å².